The molecule has 3 fully saturated rings. The van der Waals surface area contributed by atoms with Crippen molar-refractivity contribution < 1.29 is 14.0 Å². The highest BCUT2D eigenvalue weighted by Crippen LogP contribution is 2.27. The van der Waals surface area contributed by atoms with Crippen LogP contribution >= 0.6 is 0 Å². The third-order valence-corrected chi connectivity index (χ3v) is 5.38. The molecule has 1 N–H and O–H groups in total. The molecule has 1 unspecified atom stereocenters. The minimum absolute atomic E-state index is 0.103. The van der Waals surface area contributed by atoms with E-state index in [1.807, 2.05) is 0 Å². The lowest BCUT2D eigenvalue weighted by Crippen LogP contribution is -2.47. The number of piperidine rings is 1. The summed E-state index contributed by atoms with van der Waals surface area (Å²) in [5.41, 5.74) is 0.860. The normalized spacial score (nSPS) is 27.5. The van der Waals surface area contributed by atoms with Gasteiger partial charge in [-0.1, -0.05) is 0 Å². The van der Waals surface area contributed by atoms with Crippen LogP contribution in [-0.2, 0) is 0 Å². The quantitative estimate of drug-likeness (QED) is 0.847. The number of fused-ring (bicyclic) bond motifs is 3. The second kappa shape index (κ2) is 5.56. The number of amides is 2. The van der Waals surface area contributed by atoms with Gasteiger partial charge in [-0.3, -0.25) is 14.6 Å². The Bertz CT molecular complexity index is 845. The van der Waals surface area contributed by atoms with Gasteiger partial charge in [-0.05, 0) is 31.4 Å². The number of aromatic nitrogens is 1. The summed E-state index contributed by atoms with van der Waals surface area (Å²) in [6, 6.07) is 3.50. The molecule has 3 aliphatic rings. The van der Waals surface area contributed by atoms with Crippen LogP contribution in [0.2, 0.25) is 0 Å². The molecule has 2 aromatic rings. The number of nitrogens with one attached hydrogen (secondary N) is 1. The molecule has 2 amide bonds. The zero-order valence-electron chi connectivity index (χ0n) is 13.9. The summed E-state index contributed by atoms with van der Waals surface area (Å²) in [5, 5.41) is 3.84. The van der Waals surface area contributed by atoms with Crippen molar-refractivity contribution in [3.05, 3.63) is 29.8 Å². The molecule has 0 radical (unpaired) electrons. The Kier molecular flexibility index (Phi) is 3.31. The summed E-state index contributed by atoms with van der Waals surface area (Å²) < 4.78 is 5.64. The zero-order valence-corrected chi connectivity index (χ0v) is 13.9. The minimum atomic E-state index is -0.176. The van der Waals surface area contributed by atoms with Crippen molar-refractivity contribution in [2.45, 2.75) is 18.9 Å². The highest BCUT2D eigenvalue weighted by atomic mass is 16.3. The maximum absolute atomic E-state index is 12.5. The van der Waals surface area contributed by atoms with Crippen molar-refractivity contribution in [1.82, 2.24) is 20.1 Å². The second-order valence-electron chi connectivity index (χ2n) is 7.33. The molecule has 0 spiro atoms. The number of hydrogen-bond donors (Lipinski definition) is 1. The topological polar surface area (TPSA) is 78.5 Å². The molecule has 3 saturated heterocycles. The van der Waals surface area contributed by atoms with E-state index < -0.39 is 0 Å². The number of hydrogen-bond acceptors (Lipinski definition) is 5. The summed E-state index contributed by atoms with van der Waals surface area (Å²) in [6.45, 7) is 4.78. The average molecular weight is 340 g/mol. The van der Waals surface area contributed by atoms with E-state index in [4.69, 9.17) is 4.42 Å². The van der Waals surface area contributed by atoms with Gasteiger partial charge >= 0.3 is 0 Å². The van der Waals surface area contributed by atoms with Crippen LogP contribution in [0.5, 0.6) is 0 Å². The summed E-state index contributed by atoms with van der Waals surface area (Å²) in [5.74, 6) is 0.729. The molecule has 7 heteroatoms. The standard InChI is InChI=1S/C18H20N4O3/c23-17(20-13-5-11-1-2-21(9-11)10-13)14-7-15-12(8-19-14)6-16(25-15)18(24)22-3-4-22/h6-8,11,13H,1-5,9-10H2,(H,20,23)/t11-,13-/m1/s1. The third kappa shape index (κ3) is 2.78. The SMILES string of the molecule is O=C(N[C@@H]1C[C@H]2CCN(C2)C1)c1cc2oc(C(=O)N3CC3)cc2cn1. The van der Waals surface area contributed by atoms with Gasteiger partial charge in [0.25, 0.3) is 11.8 Å². The fraction of sp³-hybridized carbons (Fsp3) is 0.500. The lowest BCUT2D eigenvalue weighted by molar-refractivity contribution is 0.0857. The molecule has 3 atom stereocenters. The van der Waals surface area contributed by atoms with Crippen LogP contribution in [0.3, 0.4) is 0 Å². The zero-order chi connectivity index (χ0) is 17.0. The Labute approximate surface area is 145 Å². The molecule has 5 heterocycles. The molecule has 3 aliphatic heterocycles. The van der Waals surface area contributed by atoms with Gasteiger partial charge in [-0.15, -0.1) is 0 Å². The Morgan fingerprint density at radius 3 is 2.88 bits per heavy atom. The van der Waals surface area contributed by atoms with Crippen LogP contribution < -0.4 is 5.32 Å². The van der Waals surface area contributed by atoms with E-state index in [1.165, 1.54) is 6.42 Å². The highest BCUT2D eigenvalue weighted by molar-refractivity contribution is 5.99. The van der Waals surface area contributed by atoms with Crippen molar-refractivity contribution in [3.63, 3.8) is 0 Å². The number of nitrogens with zero attached hydrogens (tertiary/aromatic N) is 3. The summed E-state index contributed by atoms with van der Waals surface area (Å²) in [7, 11) is 0. The first-order chi connectivity index (χ1) is 12.2. The molecule has 130 valence electrons. The minimum Gasteiger partial charge on any atom is -0.451 e. The van der Waals surface area contributed by atoms with Crippen LogP contribution in [0.4, 0.5) is 0 Å². The molecule has 7 nitrogen and oxygen atoms in total. The predicted octanol–water partition coefficient (Wildman–Crippen LogP) is 1.11. The van der Waals surface area contributed by atoms with Gasteiger partial charge in [0.15, 0.2) is 5.76 Å². The third-order valence-electron chi connectivity index (χ3n) is 5.38. The van der Waals surface area contributed by atoms with Gasteiger partial charge in [0.1, 0.15) is 11.3 Å². The first-order valence-corrected chi connectivity index (χ1v) is 8.88. The number of rotatable bonds is 3. The largest absolute Gasteiger partial charge is 0.451 e. The molecule has 2 bridgehead atoms. The highest BCUT2D eigenvalue weighted by Gasteiger charge is 2.33. The second-order valence-corrected chi connectivity index (χ2v) is 7.33. The average Bonchev–Trinajstić information content (AvgIpc) is 3.28. The van der Waals surface area contributed by atoms with Crippen LogP contribution in [0.1, 0.15) is 33.9 Å². The van der Waals surface area contributed by atoms with Crippen LogP contribution in [0, 0.1) is 5.92 Å². The molecule has 2 aromatic heterocycles. The summed E-state index contributed by atoms with van der Waals surface area (Å²) >= 11 is 0. The van der Waals surface area contributed by atoms with Crippen molar-refractivity contribution in [2.75, 3.05) is 32.7 Å². The lowest BCUT2D eigenvalue weighted by atomic mass is 9.97. The number of furan rings is 1. The van der Waals surface area contributed by atoms with E-state index in [9.17, 15) is 9.59 Å². The predicted molar refractivity (Wildman–Crippen MR) is 90.3 cm³/mol. The van der Waals surface area contributed by atoms with E-state index in [1.54, 1.807) is 23.2 Å². The molecule has 0 aliphatic carbocycles. The number of pyridine rings is 1. The summed E-state index contributed by atoms with van der Waals surface area (Å²) in [4.78, 5) is 33.0. The Morgan fingerprint density at radius 1 is 1.20 bits per heavy atom. The maximum Gasteiger partial charge on any atom is 0.289 e. The Balaban J connectivity index is 1.33. The van der Waals surface area contributed by atoms with E-state index in [2.05, 4.69) is 15.2 Å². The van der Waals surface area contributed by atoms with Crippen LogP contribution in [0.25, 0.3) is 11.0 Å². The molecule has 25 heavy (non-hydrogen) atoms. The van der Waals surface area contributed by atoms with Gasteiger partial charge in [0.2, 0.25) is 0 Å². The smallest absolute Gasteiger partial charge is 0.289 e. The fourth-order valence-corrected chi connectivity index (χ4v) is 4.00. The molecular weight excluding hydrogens is 320 g/mol. The first kappa shape index (κ1) is 14.9. The van der Waals surface area contributed by atoms with E-state index in [0.29, 0.717) is 23.0 Å². The Morgan fingerprint density at radius 2 is 2.08 bits per heavy atom. The molecule has 5 rings (SSSR count). The maximum atomic E-state index is 12.5. The molecular formula is C18H20N4O3. The van der Waals surface area contributed by atoms with Crippen molar-refractivity contribution in [2.24, 2.45) is 5.92 Å². The van der Waals surface area contributed by atoms with Crippen molar-refractivity contribution in [1.29, 1.82) is 0 Å². The van der Waals surface area contributed by atoms with Crippen molar-refractivity contribution in [3.8, 4) is 0 Å². The molecule has 0 saturated carbocycles. The molecule has 0 aromatic carbocycles. The summed E-state index contributed by atoms with van der Waals surface area (Å²) in [6.07, 6.45) is 3.87. The van der Waals surface area contributed by atoms with E-state index >= 15 is 0 Å². The van der Waals surface area contributed by atoms with Gasteiger partial charge < -0.3 is 19.5 Å². The monoisotopic (exact) mass is 340 g/mol. The van der Waals surface area contributed by atoms with Crippen LogP contribution in [-0.4, -0.2) is 65.4 Å². The van der Waals surface area contributed by atoms with Gasteiger partial charge in [0, 0.05) is 49.9 Å². The van der Waals surface area contributed by atoms with Gasteiger partial charge in [-0.25, -0.2) is 0 Å². The van der Waals surface area contributed by atoms with Gasteiger partial charge in [0.05, 0.1) is 0 Å². The van der Waals surface area contributed by atoms with Gasteiger partial charge in [-0.2, -0.15) is 0 Å². The number of carbonyl (C=O) groups excluding carboxylic acids is 2. The van der Waals surface area contributed by atoms with E-state index in [-0.39, 0.29) is 17.9 Å². The lowest BCUT2D eigenvalue weighted by Gasteiger charge is -2.30. The van der Waals surface area contributed by atoms with Crippen molar-refractivity contribution >= 4 is 22.8 Å². The fourth-order valence-electron chi connectivity index (χ4n) is 4.00. The van der Waals surface area contributed by atoms with E-state index in [0.717, 1.165) is 44.5 Å². The number of carbonyl (C=O) groups is 2. The first-order valence-electron chi connectivity index (χ1n) is 8.88. The van der Waals surface area contributed by atoms with Crippen LogP contribution in [0.15, 0.2) is 22.7 Å². The Hall–Kier alpha value is -2.41.